The summed E-state index contributed by atoms with van der Waals surface area (Å²) in [5.74, 6) is 4.51. The Morgan fingerprint density at radius 2 is 1.09 bits per heavy atom. The van der Waals surface area contributed by atoms with Gasteiger partial charge in [0.1, 0.15) is 11.2 Å². The van der Waals surface area contributed by atoms with Crippen molar-refractivity contribution in [1.82, 2.24) is 15.0 Å². The van der Waals surface area contributed by atoms with Gasteiger partial charge in [0.05, 0.1) is 0 Å². The van der Waals surface area contributed by atoms with E-state index in [1.807, 2.05) is 84.9 Å². The van der Waals surface area contributed by atoms with Crippen LogP contribution in [0.2, 0.25) is 0 Å². The minimum absolute atomic E-state index is 0.131. The highest BCUT2D eigenvalue weighted by Crippen LogP contribution is 2.58. The highest BCUT2D eigenvalue weighted by Gasteiger charge is 2.39. The second-order valence-corrected chi connectivity index (χ2v) is 14.4. The van der Waals surface area contributed by atoms with Crippen molar-refractivity contribution in [3.05, 3.63) is 163 Å². The number of rotatable bonds is 4. The number of hydrogen-bond donors (Lipinski definition) is 0. The molecule has 54 heavy (non-hydrogen) atoms. The molecule has 7 aromatic carbocycles. The molecule has 6 heteroatoms. The summed E-state index contributed by atoms with van der Waals surface area (Å²) in [5.41, 5.74) is 10.9. The van der Waals surface area contributed by atoms with Gasteiger partial charge in [0, 0.05) is 38.4 Å². The van der Waals surface area contributed by atoms with Crippen LogP contribution in [-0.2, 0) is 5.41 Å². The summed E-state index contributed by atoms with van der Waals surface area (Å²) < 4.78 is 19.6. The van der Waals surface area contributed by atoms with Crippen LogP contribution in [0.4, 0.5) is 0 Å². The number of benzene rings is 7. The second-order valence-electron chi connectivity index (χ2n) is 14.4. The SMILES string of the molecule is CC1(C)c2ccccc2-c2c1ccc1c2Oc2ccc(-c3ccccc3-c3nc(-c4ccccc4)nc(-c4ccc5c(c4)oc4ccccc45)n3)cc2O1. The van der Waals surface area contributed by atoms with Crippen LogP contribution < -0.4 is 9.47 Å². The summed E-state index contributed by atoms with van der Waals surface area (Å²) >= 11 is 0. The van der Waals surface area contributed by atoms with Crippen LogP contribution >= 0.6 is 0 Å². The highest BCUT2D eigenvalue weighted by atomic mass is 16.6. The highest BCUT2D eigenvalue weighted by molar-refractivity contribution is 6.05. The largest absolute Gasteiger partial charge is 0.456 e. The van der Waals surface area contributed by atoms with Gasteiger partial charge in [0.25, 0.3) is 0 Å². The molecule has 0 saturated carbocycles. The number of aromatic nitrogens is 3. The van der Waals surface area contributed by atoms with Gasteiger partial charge in [-0.1, -0.05) is 129 Å². The lowest BCUT2D eigenvalue weighted by Gasteiger charge is -2.25. The Morgan fingerprint density at radius 3 is 1.96 bits per heavy atom. The Hall–Kier alpha value is -7.05. The van der Waals surface area contributed by atoms with Crippen LogP contribution in [0.15, 0.2) is 156 Å². The fourth-order valence-corrected chi connectivity index (χ4v) is 8.13. The molecule has 256 valence electrons. The summed E-state index contributed by atoms with van der Waals surface area (Å²) in [7, 11) is 0. The van der Waals surface area contributed by atoms with E-state index < -0.39 is 0 Å². The fourth-order valence-electron chi connectivity index (χ4n) is 8.13. The van der Waals surface area contributed by atoms with E-state index >= 15 is 0 Å². The van der Waals surface area contributed by atoms with E-state index in [2.05, 4.69) is 80.6 Å². The molecule has 11 rings (SSSR count). The molecule has 0 fully saturated rings. The Kier molecular flexibility index (Phi) is 6.49. The molecule has 2 aliphatic rings. The lowest BCUT2D eigenvalue weighted by atomic mass is 9.82. The van der Waals surface area contributed by atoms with Crippen LogP contribution in [0.5, 0.6) is 23.0 Å². The van der Waals surface area contributed by atoms with E-state index in [0.717, 1.165) is 61.1 Å². The molecular weight excluding hydrogens is 667 g/mol. The monoisotopic (exact) mass is 697 g/mol. The number of hydrogen-bond acceptors (Lipinski definition) is 6. The summed E-state index contributed by atoms with van der Waals surface area (Å²) in [6, 6.07) is 51.3. The molecular formula is C48H31N3O3. The molecule has 3 heterocycles. The molecule has 0 atom stereocenters. The quantitative estimate of drug-likeness (QED) is 0.182. The molecule has 0 spiro atoms. The third kappa shape index (κ3) is 4.63. The third-order valence-corrected chi connectivity index (χ3v) is 10.8. The Balaban J connectivity index is 1.01. The first-order chi connectivity index (χ1) is 26.5. The summed E-state index contributed by atoms with van der Waals surface area (Å²) in [4.78, 5) is 15.2. The lowest BCUT2D eigenvalue weighted by Crippen LogP contribution is -2.15. The molecule has 6 nitrogen and oxygen atoms in total. The topological polar surface area (TPSA) is 70.3 Å². The van der Waals surface area contributed by atoms with E-state index in [9.17, 15) is 0 Å². The molecule has 0 amide bonds. The van der Waals surface area contributed by atoms with Gasteiger partial charge in [-0.15, -0.1) is 0 Å². The minimum Gasteiger partial charge on any atom is -0.456 e. The van der Waals surface area contributed by atoms with Gasteiger partial charge >= 0.3 is 0 Å². The Bertz CT molecular complexity index is 2980. The molecule has 0 saturated heterocycles. The molecule has 2 aromatic heterocycles. The number of furan rings is 1. The van der Waals surface area contributed by atoms with Crippen LogP contribution in [0.1, 0.15) is 25.0 Å². The molecule has 9 aromatic rings. The van der Waals surface area contributed by atoms with Gasteiger partial charge in [-0.3, -0.25) is 0 Å². The maximum absolute atomic E-state index is 6.69. The molecule has 0 radical (unpaired) electrons. The maximum Gasteiger partial charge on any atom is 0.178 e. The van der Waals surface area contributed by atoms with Gasteiger partial charge in [-0.25, -0.2) is 15.0 Å². The van der Waals surface area contributed by atoms with Gasteiger partial charge in [-0.05, 0) is 64.2 Å². The predicted molar refractivity (Wildman–Crippen MR) is 213 cm³/mol. The van der Waals surface area contributed by atoms with Gasteiger partial charge in [-0.2, -0.15) is 0 Å². The lowest BCUT2D eigenvalue weighted by molar-refractivity contribution is 0.360. The molecule has 0 N–H and O–H groups in total. The van der Waals surface area contributed by atoms with Crippen molar-refractivity contribution in [2.45, 2.75) is 19.3 Å². The zero-order valence-electron chi connectivity index (χ0n) is 29.5. The average Bonchev–Trinajstić information content (AvgIpc) is 3.71. The molecule has 1 aliphatic carbocycles. The molecule has 0 unspecified atom stereocenters. The van der Waals surface area contributed by atoms with Crippen LogP contribution in [0.3, 0.4) is 0 Å². The van der Waals surface area contributed by atoms with Crippen LogP contribution in [0, 0.1) is 0 Å². The standard InChI is InChI=1S/C48H31N3O3/c1-48(2)36-18-10-8-17-35(36)43-37(48)23-25-40-44(43)54-39-24-21-29(26-42(39)53-40)31-14-6-7-16-34(31)47-50-45(28-12-4-3-5-13-28)49-46(51-47)30-20-22-33-32-15-9-11-19-38(32)52-41(33)27-30/h3-27H,1-2H3. The van der Waals surface area contributed by atoms with Crippen molar-refractivity contribution in [2.24, 2.45) is 0 Å². The third-order valence-electron chi connectivity index (χ3n) is 10.8. The first kappa shape index (κ1) is 30.6. The van der Waals surface area contributed by atoms with E-state index in [0.29, 0.717) is 34.7 Å². The summed E-state index contributed by atoms with van der Waals surface area (Å²) in [5, 5.41) is 2.13. The van der Waals surface area contributed by atoms with Gasteiger partial charge in [0.2, 0.25) is 0 Å². The average molecular weight is 698 g/mol. The number of para-hydroxylation sites is 1. The first-order valence-corrected chi connectivity index (χ1v) is 18.1. The zero-order chi connectivity index (χ0) is 36.0. The van der Waals surface area contributed by atoms with Gasteiger partial charge in [0.15, 0.2) is 40.5 Å². The first-order valence-electron chi connectivity index (χ1n) is 18.1. The Labute approximate surface area is 311 Å². The van der Waals surface area contributed by atoms with Crippen LogP contribution in [-0.4, -0.2) is 15.0 Å². The van der Waals surface area contributed by atoms with E-state index in [4.69, 9.17) is 28.8 Å². The maximum atomic E-state index is 6.69. The number of ether oxygens (including phenoxy) is 2. The fraction of sp³-hybridized carbons (Fsp3) is 0.0625. The van der Waals surface area contributed by atoms with Crippen molar-refractivity contribution < 1.29 is 13.9 Å². The predicted octanol–water partition coefficient (Wildman–Crippen LogP) is 12.6. The summed E-state index contributed by atoms with van der Waals surface area (Å²) in [6.07, 6.45) is 0. The Morgan fingerprint density at radius 1 is 0.426 bits per heavy atom. The van der Waals surface area contributed by atoms with E-state index in [1.165, 1.54) is 16.7 Å². The summed E-state index contributed by atoms with van der Waals surface area (Å²) in [6.45, 7) is 4.53. The van der Waals surface area contributed by atoms with Crippen molar-refractivity contribution in [3.8, 4) is 79.4 Å². The van der Waals surface area contributed by atoms with Crippen molar-refractivity contribution in [1.29, 1.82) is 0 Å². The molecule has 1 aliphatic heterocycles. The number of fused-ring (bicyclic) bond motifs is 9. The van der Waals surface area contributed by atoms with E-state index in [1.54, 1.807) is 0 Å². The second kappa shape index (κ2) is 11.5. The van der Waals surface area contributed by atoms with Crippen molar-refractivity contribution in [2.75, 3.05) is 0 Å². The normalized spacial score (nSPS) is 13.4. The van der Waals surface area contributed by atoms with Crippen molar-refractivity contribution in [3.63, 3.8) is 0 Å². The zero-order valence-corrected chi connectivity index (χ0v) is 29.5. The van der Waals surface area contributed by atoms with Gasteiger partial charge < -0.3 is 13.9 Å². The van der Waals surface area contributed by atoms with Crippen molar-refractivity contribution >= 4 is 21.9 Å². The minimum atomic E-state index is -0.131. The molecule has 0 bridgehead atoms. The number of nitrogens with zero attached hydrogens (tertiary/aromatic N) is 3. The van der Waals surface area contributed by atoms with E-state index in [-0.39, 0.29) is 5.41 Å². The smallest absolute Gasteiger partial charge is 0.178 e. The van der Waals surface area contributed by atoms with Crippen LogP contribution in [0.25, 0.3) is 78.4 Å².